The van der Waals surface area contributed by atoms with Crippen LogP contribution in [0.25, 0.3) is 11.0 Å². The van der Waals surface area contributed by atoms with Gasteiger partial charge in [0.05, 0.1) is 11.0 Å². The first-order chi connectivity index (χ1) is 9.99. The molecule has 1 amide bonds. The number of aromatic nitrogens is 2. The van der Waals surface area contributed by atoms with E-state index in [9.17, 15) is 9.59 Å². The minimum Gasteiger partial charge on any atom is -0.453 e. The molecular formula is C14H16ClN3O3. The van der Waals surface area contributed by atoms with Crippen molar-refractivity contribution in [3.63, 3.8) is 0 Å². The molecule has 6 nitrogen and oxygen atoms in total. The maximum atomic E-state index is 11.6. The second-order valence-corrected chi connectivity index (χ2v) is 4.98. The SMILES string of the molecule is CCC(=O)NCC(=O)O[C@H](C)c1nc2ccc(Cl)cc2[nH]1. The molecule has 0 fully saturated rings. The van der Waals surface area contributed by atoms with Crippen molar-refractivity contribution in [2.45, 2.75) is 26.4 Å². The molecule has 0 saturated carbocycles. The van der Waals surface area contributed by atoms with Crippen molar-refractivity contribution in [1.82, 2.24) is 15.3 Å². The molecule has 1 heterocycles. The van der Waals surface area contributed by atoms with E-state index in [1.807, 2.05) is 0 Å². The molecule has 0 aliphatic rings. The van der Waals surface area contributed by atoms with Gasteiger partial charge in [0, 0.05) is 11.4 Å². The van der Waals surface area contributed by atoms with Crippen LogP contribution in [0.3, 0.4) is 0 Å². The number of rotatable bonds is 5. The number of hydrogen-bond acceptors (Lipinski definition) is 4. The number of benzene rings is 1. The van der Waals surface area contributed by atoms with Crippen LogP contribution in [0.15, 0.2) is 18.2 Å². The van der Waals surface area contributed by atoms with Crippen LogP contribution in [-0.2, 0) is 14.3 Å². The zero-order valence-corrected chi connectivity index (χ0v) is 12.5. The lowest BCUT2D eigenvalue weighted by atomic mass is 10.3. The lowest BCUT2D eigenvalue weighted by Crippen LogP contribution is -2.30. The van der Waals surface area contributed by atoms with Gasteiger partial charge in [0.2, 0.25) is 5.91 Å². The van der Waals surface area contributed by atoms with Gasteiger partial charge in [-0.05, 0) is 25.1 Å². The third kappa shape index (κ3) is 3.95. The fourth-order valence-electron chi connectivity index (χ4n) is 1.78. The minimum atomic E-state index is -0.540. The minimum absolute atomic E-state index is 0.150. The van der Waals surface area contributed by atoms with Gasteiger partial charge in [0.15, 0.2) is 6.10 Å². The summed E-state index contributed by atoms with van der Waals surface area (Å²) in [6.45, 7) is 3.27. The van der Waals surface area contributed by atoms with E-state index in [1.165, 1.54) is 0 Å². The second-order valence-electron chi connectivity index (χ2n) is 4.55. The van der Waals surface area contributed by atoms with Crippen LogP contribution in [0.1, 0.15) is 32.2 Å². The molecule has 112 valence electrons. The molecule has 0 aliphatic carbocycles. The lowest BCUT2D eigenvalue weighted by Gasteiger charge is -2.11. The summed E-state index contributed by atoms with van der Waals surface area (Å²) in [5, 5.41) is 3.06. The fraction of sp³-hybridized carbons (Fsp3) is 0.357. The molecule has 0 spiro atoms. The second kappa shape index (κ2) is 6.58. The average Bonchev–Trinajstić information content (AvgIpc) is 2.87. The van der Waals surface area contributed by atoms with Crippen molar-refractivity contribution in [3.05, 3.63) is 29.0 Å². The molecule has 0 unspecified atom stereocenters. The predicted molar refractivity (Wildman–Crippen MR) is 78.9 cm³/mol. The molecule has 1 aromatic heterocycles. The highest BCUT2D eigenvalue weighted by atomic mass is 35.5. The van der Waals surface area contributed by atoms with E-state index >= 15 is 0 Å². The quantitative estimate of drug-likeness (QED) is 0.830. The molecular weight excluding hydrogens is 294 g/mol. The number of imidazole rings is 1. The number of amides is 1. The monoisotopic (exact) mass is 309 g/mol. The Labute approximate surface area is 126 Å². The van der Waals surface area contributed by atoms with Crippen molar-refractivity contribution in [2.75, 3.05) is 6.54 Å². The number of halogens is 1. The first-order valence-electron chi connectivity index (χ1n) is 6.61. The van der Waals surface area contributed by atoms with Crippen LogP contribution in [0, 0.1) is 0 Å². The predicted octanol–water partition coefficient (Wildman–Crippen LogP) is 2.35. The van der Waals surface area contributed by atoms with Crippen LogP contribution in [0.5, 0.6) is 0 Å². The van der Waals surface area contributed by atoms with Gasteiger partial charge in [-0.15, -0.1) is 0 Å². The van der Waals surface area contributed by atoms with Gasteiger partial charge in [-0.3, -0.25) is 9.59 Å². The average molecular weight is 310 g/mol. The maximum absolute atomic E-state index is 11.6. The largest absolute Gasteiger partial charge is 0.453 e. The Hall–Kier alpha value is -2.08. The van der Waals surface area contributed by atoms with Gasteiger partial charge in [0.1, 0.15) is 12.4 Å². The molecule has 1 atom stereocenters. The Bertz CT molecular complexity index is 669. The van der Waals surface area contributed by atoms with E-state index in [2.05, 4.69) is 15.3 Å². The Morgan fingerprint density at radius 3 is 2.95 bits per heavy atom. The molecule has 1 aromatic carbocycles. The van der Waals surface area contributed by atoms with Crippen molar-refractivity contribution in [2.24, 2.45) is 0 Å². The third-order valence-electron chi connectivity index (χ3n) is 2.91. The lowest BCUT2D eigenvalue weighted by molar-refractivity contribution is -0.148. The zero-order chi connectivity index (χ0) is 15.4. The van der Waals surface area contributed by atoms with Crippen molar-refractivity contribution in [3.8, 4) is 0 Å². The molecule has 0 radical (unpaired) electrons. The number of carbonyl (C=O) groups excluding carboxylic acids is 2. The summed E-state index contributed by atoms with van der Waals surface area (Å²) in [5.41, 5.74) is 1.52. The standard InChI is InChI=1S/C14H16ClN3O3/c1-3-12(19)16-7-13(20)21-8(2)14-17-10-5-4-9(15)6-11(10)18-14/h4-6,8H,3,7H2,1-2H3,(H,16,19)(H,17,18)/t8-/m1/s1. The summed E-state index contributed by atoms with van der Waals surface area (Å²) in [4.78, 5) is 30.1. The van der Waals surface area contributed by atoms with Gasteiger partial charge >= 0.3 is 5.97 Å². The summed E-state index contributed by atoms with van der Waals surface area (Å²) >= 11 is 5.90. The highest BCUT2D eigenvalue weighted by Crippen LogP contribution is 2.21. The number of nitrogens with one attached hydrogen (secondary N) is 2. The van der Waals surface area contributed by atoms with Crippen molar-refractivity contribution >= 4 is 34.5 Å². The summed E-state index contributed by atoms with van der Waals surface area (Å²) in [6.07, 6.45) is -0.213. The van der Waals surface area contributed by atoms with Gasteiger partial charge in [0.25, 0.3) is 0 Å². The van der Waals surface area contributed by atoms with Gasteiger partial charge in [-0.1, -0.05) is 18.5 Å². The highest BCUT2D eigenvalue weighted by molar-refractivity contribution is 6.31. The van der Waals surface area contributed by atoms with Gasteiger partial charge in [-0.2, -0.15) is 0 Å². The fourth-order valence-corrected chi connectivity index (χ4v) is 1.96. The number of nitrogens with zero attached hydrogens (tertiary/aromatic N) is 1. The Kier molecular flexibility index (Phi) is 4.80. The first kappa shape index (κ1) is 15.3. The Balaban J connectivity index is 1.99. The zero-order valence-electron chi connectivity index (χ0n) is 11.8. The number of hydrogen-bond donors (Lipinski definition) is 2. The number of H-pyrrole nitrogens is 1. The molecule has 2 aromatic rings. The van der Waals surface area contributed by atoms with E-state index in [-0.39, 0.29) is 12.5 Å². The molecule has 0 aliphatic heterocycles. The topological polar surface area (TPSA) is 84.1 Å². The Morgan fingerprint density at radius 1 is 1.48 bits per heavy atom. The summed E-state index contributed by atoms with van der Waals surface area (Å²) in [7, 11) is 0. The first-order valence-corrected chi connectivity index (χ1v) is 6.98. The van der Waals surface area contributed by atoms with Gasteiger partial charge < -0.3 is 15.0 Å². The number of ether oxygens (including phenoxy) is 1. The molecule has 0 saturated heterocycles. The molecule has 21 heavy (non-hydrogen) atoms. The summed E-state index contributed by atoms with van der Waals surface area (Å²) in [5.74, 6) is -0.178. The maximum Gasteiger partial charge on any atom is 0.326 e. The summed E-state index contributed by atoms with van der Waals surface area (Å²) < 4.78 is 5.21. The highest BCUT2D eigenvalue weighted by Gasteiger charge is 2.16. The molecule has 2 N–H and O–H groups in total. The normalized spacial score (nSPS) is 12.1. The molecule has 0 bridgehead atoms. The van der Waals surface area contributed by atoms with Crippen LogP contribution >= 0.6 is 11.6 Å². The molecule has 7 heteroatoms. The number of esters is 1. The molecule has 2 rings (SSSR count). The van der Waals surface area contributed by atoms with Crippen molar-refractivity contribution in [1.29, 1.82) is 0 Å². The van der Waals surface area contributed by atoms with Crippen LogP contribution in [0.4, 0.5) is 0 Å². The number of fused-ring (bicyclic) bond motifs is 1. The van der Waals surface area contributed by atoms with E-state index in [0.717, 1.165) is 11.0 Å². The van der Waals surface area contributed by atoms with Crippen LogP contribution in [-0.4, -0.2) is 28.4 Å². The number of carbonyl (C=O) groups is 2. The number of aromatic amines is 1. The van der Waals surface area contributed by atoms with Crippen LogP contribution < -0.4 is 5.32 Å². The van der Waals surface area contributed by atoms with E-state index in [0.29, 0.717) is 17.3 Å². The van der Waals surface area contributed by atoms with E-state index in [4.69, 9.17) is 16.3 Å². The van der Waals surface area contributed by atoms with Gasteiger partial charge in [-0.25, -0.2) is 4.98 Å². The van der Waals surface area contributed by atoms with E-state index in [1.54, 1.807) is 32.0 Å². The van der Waals surface area contributed by atoms with Crippen molar-refractivity contribution < 1.29 is 14.3 Å². The third-order valence-corrected chi connectivity index (χ3v) is 3.14. The summed E-state index contributed by atoms with van der Waals surface area (Å²) in [6, 6.07) is 5.28. The van der Waals surface area contributed by atoms with E-state index < -0.39 is 12.1 Å². The van der Waals surface area contributed by atoms with Crippen LogP contribution in [0.2, 0.25) is 5.02 Å². The smallest absolute Gasteiger partial charge is 0.326 e. The Morgan fingerprint density at radius 2 is 2.24 bits per heavy atom.